The molecule has 8 heteroatoms. The highest BCUT2D eigenvalue weighted by atomic mass is 32.2. The van der Waals surface area contributed by atoms with Crippen LogP contribution in [0.5, 0.6) is 0 Å². The summed E-state index contributed by atoms with van der Waals surface area (Å²) < 4.78 is 27.1. The van der Waals surface area contributed by atoms with Crippen molar-refractivity contribution in [2.24, 2.45) is 5.92 Å². The lowest BCUT2D eigenvalue weighted by atomic mass is 9.94. The van der Waals surface area contributed by atoms with Crippen LogP contribution >= 0.6 is 11.3 Å². The molecule has 1 aliphatic carbocycles. The maximum absolute atomic E-state index is 12.4. The van der Waals surface area contributed by atoms with Gasteiger partial charge in [-0.05, 0) is 25.7 Å². The van der Waals surface area contributed by atoms with Crippen LogP contribution in [-0.2, 0) is 10.0 Å². The highest BCUT2D eigenvalue weighted by Gasteiger charge is 2.29. The van der Waals surface area contributed by atoms with Crippen molar-refractivity contribution in [3.05, 3.63) is 11.2 Å². The van der Waals surface area contributed by atoms with Crippen LogP contribution in [0.15, 0.2) is 9.72 Å². The van der Waals surface area contributed by atoms with Crippen LogP contribution < -0.4 is 4.72 Å². The van der Waals surface area contributed by atoms with Crippen molar-refractivity contribution in [2.45, 2.75) is 55.7 Å². The van der Waals surface area contributed by atoms with Crippen molar-refractivity contribution < 1.29 is 18.3 Å². The normalized spacial score (nSPS) is 19.1. The van der Waals surface area contributed by atoms with E-state index in [1.165, 1.54) is 18.4 Å². The molecule has 0 aromatic carbocycles. The van der Waals surface area contributed by atoms with E-state index in [1.54, 1.807) is 0 Å². The molecule has 1 fully saturated rings. The summed E-state index contributed by atoms with van der Waals surface area (Å²) in [5.41, 5.74) is 0.842. The number of carboxylic acid groups (broad SMARTS) is 1. The van der Waals surface area contributed by atoms with Crippen LogP contribution in [0.25, 0.3) is 0 Å². The number of sulfonamides is 1. The van der Waals surface area contributed by atoms with Gasteiger partial charge in [-0.15, -0.1) is 11.3 Å². The summed E-state index contributed by atoms with van der Waals surface area (Å²) in [6.45, 7) is 1.86. The van der Waals surface area contributed by atoms with E-state index in [2.05, 4.69) is 9.71 Å². The van der Waals surface area contributed by atoms with Crippen molar-refractivity contribution >= 4 is 27.3 Å². The molecule has 0 radical (unpaired) electrons. The number of nitrogens with zero attached hydrogens (tertiary/aromatic N) is 1. The van der Waals surface area contributed by atoms with Gasteiger partial charge in [0.1, 0.15) is 0 Å². The lowest BCUT2D eigenvalue weighted by Gasteiger charge is -2.23. The Balaban J connectivity index is 2.12. The Labute approximate surface area is 128 Å². The topological polar surface area (TPSA) is 96.4 Å². The fraction of sp³-hybridized carbons (Fsp3) is 0.692. The fourth-order valence-electron chi connectivity index (χ4n) is 2.77. The third-order valence-electron chi connectivity index (χ3n) is 3.93. The van der Waals surface area contributed by atoms with Crippen LogP contribution in [0.3, 0.4) is 0 Å². The van der Waals surface area contributed by atoms with Crippen LogP contribution in [0.2, 0.25) is 0 Å². The van der Waals surface area contributed by atoms with E-state index in [9.17, 15) is 13.2 Å². The number of rotatable bonds is 5. The standard InChI is InChI=1S/C13H20N2O4S2/c1-9(10-6-4-2-3-5-7-10)15-21(18,19)13-11(12(16)17)14-8-20-13/h8-10,15H,2-7H2,1H3,(H,16,17)/t9-/m1/s1. The first-order chi connectivity index (χ1) is 9.92. The highest BCUT2D eigenvalue weighted by Crippen LogP contribution is 2.27. The van der Waals surface area contributed by atoms with Gasteiger partial charge in [-0.25, -0.2) is 22.9 Å². The predicted molar refractivity (Wildman–Crippen MR) is 80.0 cm³/mol. The van der Waals surface area contributed by atoms with Gasteiger partial charge in [-0.3, -0.25) is 0 Å². The van der Waals surface area contributed by atoms with Gasteiger partial charge in [0.15, 0.2) is 9.90 Å². The summed E-state index contributed by atoms with van der Waals surface area (Å²) >= 11 is 0.835. The first-order valence-electron chi connectivity index (χ1n) is 7.11. The highest BCUT2D eigenvalue weighted by molar-refractivity contribution is 7.91. The maximum Gasteiger partial charge on any atom is 0.356 e. The zero-order valence-corrected chi connectivity index (χ0v) is 13.5. The molecular weight excluding hydrogens is 312 g/mol. The zero-order valence-electron chi connectivity index (χ0n) is 11.9. The average Bonchev–Trinajstić information content (AvgIpc) is 2.75. The Hall–Kier alpha value is -0.990. The number of aromatic carboxylic acids is 1. The van der Waals surface area contributed by atoms with Crippen LogP contribution in [0.1, 0.15) is 55.9 Å². The summed E-state index contributed by atoms with van der Waals surface area (Å²) in [5.74, 6) is -1.01. The van der Waals surface area contributed by atoms with E-state index in [1.807, 2.05) is 6.92 Å². The second-order valence-corrected chi connectivity index (χ2v) is 8.22. The molecule has 0 unspecified atom stereocenters. The summed E-state index contributed by atoms with van der Waals surface area (Å²) in [6, 6.07) is -0.197. The van der Waals surface area contributed by atoms with Gasteiger partial charge in [0.05, 0.1) is 5.51 Å². The minimum Gasteiger partial charge on any atom is -0.476 e. The molecule has 0 saturated heterocycles. The Bertz CT molecular complexity index is 589. The molecule has 1 heterocycles. The van der Waals surface area contributed by atoms with Gasteiger partial charge in [-0.2, -0.15) is 0 Å². The lowest BCUT2D eigenvalue weighted by molar-refractivity contribution is 0.0687. The molecule has 118 valence electrons. The maximum atomic E-state index is 12.4. The summed E-state index contributed by atoms with van der Waals surface area (Å²) in [6.07, 6.45) is 6.67. The number of hydrogen-bond acceptors (Lipinski definition) is 5. The molecule has 2 rings (SSSR count). The number of hydrogen-bond donors (Lipinski definition) is 2. The lowest BCUT2D eigenvalue weighted by Crippen LogP contribution is -2.38. The van der Waals surface area contributed by atoms with Gasteiger partial charge in [-0.1, -0.05) is 25.7 Å². The molecule has 21 heavy (non-hydrogen) atoms. The third kappa shape index (κ3) is 4.02. The third-order valence-corrected chi connectivity index (χ3v) is 6.86. The van der Waals surface area contributed by atoms with E-state index in [0.29, 0.717) is 5.92 Å². The second-order valence-electron chi connectivity index (χ2n) is 5.46. The monoisotopic (exact) mass is 332 g/mol. The SMILES string of the molecule is C[C@@H](NS(=O)(=O)c1scnc1C(=O)O)C1CCCCCC1. The molecule has 2 N–H and O–H groups in total. The molecule has 0 spiro atoms. The summed E-state index contributed by atoms with van der Waals surface area (Å²) in [4.78, 5) is 14.6. The van der Waals surface area contributed by atoms with Gasteiger partial charge in [0.25, 0.3) is 10.0 Å². The van der Waals surface area contributed by atoms with Crippen molar-refractivity contribution in [1.29, 1.82) is 0 Å². The minimum absolute atomic E-state index is 0.197. The largest absolute Gasteiger partial charge is 0.476 e. The smallest absolute Gasteiger partial charge is 0.356 e. The second kappa shape index (κ2) is 6.85. The summed E-state index contributed by atoms with van der Waals surface area (Å²) in [5, 5.41) is 8.99. The van der Waals surface area contributed by atoms with Gasteiger partial charge >= 0.3 is 5.97 Å². The molecule has 6 nitrogen and oxygen atoms in total. The molecule has 1 aliphatic rings. The molecule has 1 aromatic rings. The van der Waals surface area contributed by atoms with Gasteiger partial charge in [0, 0.05) is 6.04 Å². The van der Waals surface area contributed by atoms with E-state index >= 15 is 0 Å². The average molecular weight is 332 g/mol. The molecule has 0 amide bonds. The number of carbonyl (C=O) groups is 1. The predicted octanol–water partition coefficient (Wildman–Crippen LogP) is 2.48. The number of aromatic nitrogens is 1. The Morgan fingerprint density at radius 2 is 2.00 bits per heavy atom. The van der Waals surface area contributed by atoms with E-state index in [0.717, 1.165) is 37.0 Å². The molecule has 1 atom stereocenters. The first kappa shape index (κ1) is 16.4. The van der Waals surface area contributed by atoms with Crippen LogP contribution in [0.4, 0.5) is 0 Å². The molecule has 1 aromatic heterocycles. The van der Waals surface area contributed by atoms with E-state index in [-0.39, 0.29) is 10.3 Å². The quantitative estimate of drug-likeness (QED) is 0.808. The first-order valence-corrected chi connectivity index (χ1v) is 9.47. The zero-order chi connectivity index (χ0) is 15.5. The minimum atomic E-state index is -3.83. The van der Waals surface area contributed by atoms with Crippen molar-refractivity contribution in [1.82, 2.24) is 9.71 Å². The van der Waals surface area contributed by atoms with Crippen LogP contribution in [-0.4, -0.2) is 30.5 Å². The fourth-order valence-corrected chi connectivity index (χ4v) is 5.24. The number of carboxylic acids is 1. The van der Waals surface area contributed by atoms with Crippen molar-refractivity contribution in [3.63, 3.8) is 0 Å². The van der Waals surface area contributed by atoms with Crippen molar-refractivity contribution in [3.8, 4) is 0 Å². The van der Waals surface area contributed by atoms with Crippen LogP contribution in [0, 0.1) is 5.92 Å². The Morgan fingerprint density at radius 1 is 1.38 bits per heavy atom. The van der Waals surface area contributed by atoms with E-state index < -0.39 is 21.7 Å². The van der Waals surface area contributed by atoms with Gasteiger partial charge < -0.3 is 5.11 Å². The van der Waals surface area contributed by atoms with Crippen molar-refractivity contribution in [2.75, 3.05) is 0 Å². The Kier molecular flexibility index (Phi) is 5.34. The Morgan fingerprint density at radius 3 is 2.57 bits per heavy atom. The molecule has 1 saturated carbocycles. The van der Waals surface area contributed by atoms with E-state index in [4.69, 9.17) is 5.11 Å². The summed E-state index contributed by atoms with van der Waals surface area (Å²) in [7, 11) is -3.83. The number of nitrogens with one attached hydrogen (secondary N) is 1. The molecular formula is C13H20N2O4S2. The molecule has 0 bridgehead atoms. The number of thiazole rings is 1. The molecule has 0 aliphatic heterocycles. The van der Waals surface area contributed by atoms with Gasteiger partial charge in [0.2, 0.25) is 0 Å².